The molecule has 3 aromatic rings. The number of carbonyl (C=O) groups is 1. The van der Waals surface area contributed by atoms with Gasteiger partial charge in [0, 0.05) is 23.0 Å². The second-order valence-corrected chi connectivity index (χ2v) is 6.84. The van der Waals surface area contributed by atoms with Crippen LogP contribution in [0.3, 0.4) is 0 Å². The molecule has 0 bridgehead atoms. The number of nitrogens with zero attached hydrogens (tertiary/aromatic N) is 2. The molecular formula is C19H15BrN2O3. The molecule has 0 atom stereocenters. The number of halogens is 1. The third-order valence-electron chi connectivity index (χ3n) is 4.37. The maximum absolute atomic E-state index is 12.5. The molecule has 0 radical (unpaired) electrons. The summed E-state index contributed by atoms with van der Waals surface area (Å²) in [5.41, 5.74) is 1.80. The minimum atomic E-state index is -0.431. The summed E-state index contributed by atoms with van der Waals surface area (Å²) >= 11 is 3.43. The minimum Gasteiger partial charge on any atom is -0.457 e. The fraction of sp³-hybridized carbons (Fsp3) is 0.211. The molecule has 0 unspecified atom stereocenters. The van der Waals surface area contributed by atoms with Crippen LogP contribution in [-0.2, 0) is 24.3 Å². The summed E-state index contributed by atoms with van der Waals surface area (Å²) in [4.78, 5) is 29.3. The zero-order valence-corrected chi connectivity index (χ0v) is 15.0. The van der Waals surface area contributed by atoms with Gasteiger partial charge < -0.3 is 4.74 Å². The zero-order chi connectivity index (χ0) is 17.4. The van der Waals surface area contributed by atoms with Crippen molar-refractivity contribution >= 4 is 32.8 Å². The third-order valence-corrected chi connectivity index (χ3v) is 5.14. The molecule has 6 heteroatoms. The van der Waals surface area contributed by atoms with Gasteiger partial charge in [0.2, 0.25) is 0 Å². The van der Waals surface area contributed by atoms with Gasteiger partial charge in [0.15, 0.2) is 0 Å². The van der Waals surface area contributed by atoms with Crippen molar-refractivity contribution in [2.24, 2.45) is 0 Å². The highest BCUT2D eigenvalue weighted by molar-refractivity contribution is 9.10. The number of aryl methyl sites for hydroxylation is 1. The van der Waals surface area contributed by atoms with Gasteiger partial charge in [-0.2, -0.15) is 0 Å². The summed E-state index contributed by atoms with van der Waals surface area (Å²) in [6.45, 7) is 0.894. The molecule has 2 heterocycles. The lowest BCUT2D eigenvalue weighted by molar-refractivity contribution is 0.0472. The lowest BCUT2D eigenvalue weighted by atomic mass is 10.1. The third kappa shape index (κ3) is 2.98. The van der Waals surface area contributed by atoms with Crippen LogP contribution in [0, 0.1) is 0 Å². The first-order valence-corrected chi connectivity index (χ1v) is 8.87. The Labute approximate surface area is 152 Å². The summed E-state index contributed by atoms with van der Waals surface area (Å²) in [5, 5.41) is 0.535. The monoisotopic (exact) mass is 398 g/mol. The van der Waals surface area contributed by atoms with Gasteiger partial charge in [-0.05, 0) is 30.7 Å². The number of carbonyl (C=O) groups excluding carboxylic acids is 1. The summed E-state index contributed by atoms with van der Waals surface area (Å²) in [6.07, 6.45) is 1.72. The standard InChI is InChI=1S/C19H15BrN2O3/c20-15-5-2-1-4-13(15)11-25-19(24)12-7-8-14-16(10-12)21-17-6-3-9-22(17)18(14)23/h1-2,4-5,7-8,10H,3,6,9,11H2. The second-order valence-electron chi connectivity index (χ2n) is 5.99. The fourth-order valence-corrected chi connectivity index (χ4v) is 3.45. The first-order chi connectivity index (χ1) is 12.1. The van der Waals surface area contributed by atoms with E-state index in [2.05, 4.69) is 20.9 Å². The molecule has 2 aromatic carbocycles. The SMILES string of the molecule is O=C(OCc1ccccc1Br)c1ccc2c(=O)n3c(nc2c1)CCC3. The zero-order valence-electron chi connectivity index (χ0n) is 13.4. The maximum Gasteiger partial charge on any atom is 0.338 e. The summed E-state index contributed by atoms with van der Waals surface area (Å²) in [6, 6.07) is 12.5. The van der Waals surface area contributed by atoms with E-state index in [0.717, 1.165) is 28.7 Å². The topological polar surface area (TPSA) is 61.2 Å². The van der Waals surface area contributed by atoms with E-state index < -0.39 is 5.97 Å². The molecule has 4 rings (SSSR count). The second kappa shape index (κ2) is 6.44. The Kier molecular flexibility index (Phi) is 4.13. The lowest BCUT2D eigenvalue weighted by Crippen LogP contribution is -2.21. The predicted octanol–water partition coefficient (Wildman–Crippen LogP) is 3.46. The van der Waals surface area contributed by atoms with E-state index in [1.165, 1.54) is 0 Å². The van der Waals surface area contributed by atoms with Crippen LogP contribution >= 0.6 is 15.9 Å². The van der Waals surface area contributed by atoms with E-state index in [1.807, 2.05) is 24.3 Å². The Bertz CT molecular complexity index is 1040. The van der Waals surface area contributed by atoms with Gasteiger partial charge in [0.1, 0.15) is 12.4 Å². The maximum atomic E-state index is 12.5. The number of hydrogen-bond acceptors (Lipinski definition) is 4. The largest absolute Gasteiger partial charge is 0.457 e. The highest BCUT2D eigenvalue weighted by Crippen LogP contribution is 2.19. The van der Waals surface area contributed by atoms with E-state index >= 15 is 0 Å². The van der Waals surface area contributed by atoms with Gasteiger partial charge in [0.25, 0.3) is 5.56 Å². The molecule has 0 saturated carbocycles. The normalized spacial score (nSPS) is 13.0. The van der Waals surface area contributed by atoms with E-state index in [-0.39, 0.29) is 12.2 Å². The molecule has 0 amide bonds. The van der Waals surface area contributed by atoms with Gasteiger partial charge in [-0.15, -0.1) is 0 Å². The van der Waals surface area contributed by atoms with Crippen molar-refractivity contribution in [3.05, 3.63) is 74.2 Å². The van der Waals surface area contributed by atoms with Gasteiger partial charge >= 0.3 is 5.97 Å². The molecule has 0 fully saturated rings. The first kappa shape index (κ1) is 16.0. The molecule has 1 aliphatic rings. The van der Waals surface area contributed by atoms with E-state index in [9.17, 15) is 9.59 Å². The Hall–Kier alpha value is -2.47. The Morgan fingerprint density at radius 2 is 2.08 bits per heavy atom. The van der Waals surface area contributed by atoms with Crippen molar-refractivity contribution < 1.29 is 9.53 Å². The lowest BCUT2D eigenvalue weighted by Gasteiger charge is -2.08. The molecule has 25 heavy (non-hydrogen) atoms. The van der Waals surface area contributed by atoms with Gasteiger partial charge in [-0.3, -0.25) is 9.36 Å². The van der Waals surface area contributed by atoms with Crippen LogP contribution in [0.5, 0.6) is 0 Å². The summed E-state index contributed by atoms with van der Waals surface area (Å²) < 4.78 is 8.00. The molecule has 0 N–H and O–H groups in total. The highest BCUT2D eigenvalue weighted by atomic mass is 79.9. The molecule has 0 aliphatic carbocycles. The number of aromatic nitrogens is 2. The van der Waals surface area contributed by atoms with Crippen LogP contribution in [-0.4, -0.2) is 15.5 Å². The predicted molar refractivity (Wildman–Crippen MR) is 97.6 cm³/mol. The number of benzene rings is 2. The van der Waals surface area contributed by atoms with Crippen LogP contribution in [0.4, 0.5) is 0 Å². The average Bonchev–Trinajstić information content (AvgIpc) is 3.09. The molecule has 0 spiro atoms. The van der Waals surface area contributed by atoms with Crippen LogP contribution in [0.15, 0.2) is 51.7 Å². The van der Waals surface area contributed by atoms with E-state index in [0.29, 0.717) is 23.0 Å². The molecular weight excluding hydrogens is 384 g/mol. The van der Waals surface area contributed by atoms with E-state index in [1.54, 1.807) is 22.8 Å². The average molecular weight is 399 g/mol. The Morgan fingerprint density at radius 1 is 1.24 bits per heavy atom. The number of esters is 1. The molecule has 0 saturated heterocycles. The smallest absolute Gasteiger partial charge is 0.338 e. The van der Waals surface area contributed by atoms with Crippen molar-refractivity contribution in [3.63, 3.8) is 0 Å². The van der Waals surface area contributed by atoms with Crippen molar-refractivity contribution in [1.29, 1.82) is 0 Å². The quantitative estimate of drug-likeness (QED) is 0.633. The van der Waals surface area contributed by atoms with Crippen LogP contribution in [0.25, 0.3) is 10.9 Å². The molecule has 5 nitrogen and oxygen atoms in total. The van der Waals surface area contributed by atoms with Crippen LogP contribution < -0.4 is 5.56 Å². The minimum absolute atomic E-state index is 0.0365. The molecule has 126 valence electrons. The summed E-state index contributed by atoms with van der Waals surface area (Å²) in [5.74, 6) is 0.358. The van der Waals surface area contributed by atoms with Crippen LogP contribution in [0.2, 0.25) is 0 Å². The summed E-state index contributed by atoms with van der Waals surface area (Å²) in [7, 11) is 0. The fourth-order valence-electron chi connectivity index (χ4n) is 3.05. The van der Waals surface area contributed by atoms with Crippen molar-refractivity contribution in [2.75, 3.05) is 0 Å². The molecule has 1 aromatic heterocycles. The van der Waals surface area contributed by atoms with Crippen molar-refractivity contribution in [2.45, 2.75) is 26.0 Å². The first-order valence-electron chi connectivity index (χ1n) is 8.07. The Morgan fingerprint density at radius 3 is 2.92 bits per heavy atom. The van der Waals surface area contributed by atoms with Gasteiger partial charge in [-0.1, -0.05) is 34.1 Å². The number of rotatable bonds is 3. The van der Waals surface area contributed by atoms with Crippen LogP contribution in [0.1, 0.15) is 28.2 Å². The molecule has 1 aliphatic heterocycles. The highest BCUT2D eigenvalue weighted by Gasteiger charge is 2.17. The number of fused-ring (bicyclic) bond motifs is 2. The van der Waals surface area contributed by atoms with E-state index in [4.69, 9.17) is 4.74 Å². The number of ether oxygens (including phenoxy) is 1. The number of hydrogen-bond donors (Lipinski definition) is 0. The van der Waals surface area contributed by atoms with Crippen molar-refractivity contribution in [1.82, 2.24) is 9.55 Å². The Balaban J connectivity index is 1.61. The van der Waals surface area contributed by atoms with Gasteiger partial charge in [0.05, 0.1) is 16.5 Å². The van der Waals surface area contributed by atoms with Crippen molar-refractivity contribution in [3.8, 4) is 0 Å². The van der Waals surface area contributed by atoms with Gasteiger partial charge in [-0.25, -0.2) is 9.78 Å².